The highest BCUT2D eigenvalue weighted by atomic mass is 79.9. The van der Waals surface area contributed by atoms with Crippen molar-refractivity contribution in [2.24, 2.45) is 0 Å². The maximum absolute atomic E-state index is 13.2. The first-order valence-electron chi connectivity index (χ1n) is 6.88. The van der Waals surface area contributed by atoms with Crippen LogP contribution in [0.5, 0.6) is 0 Å². The van der Waals surface area contributed by atoms with E-state index in [0.717, 1.165) is 18.1 Å². The molecule has 0 atom stereocenters. The number of halogens is 4. The molecule has 0 unspecified atom stereocenters. The Kier molecular flexibility index (Phi) is 5.06. The Bertz CT molecular complexity index is 745. The highest BCUT2D eigenvalue weighted by molar-refractivity contribution is 9.10. The fourth-order valence-corrected chi connectivity index (χ4v) is 2.78. The first-order valence-corrected chi connectivity index (χ1v) is 7.67. The van der Waals surface area contributed by atoms with Gasteiger partial charge in [-0.15, -0.1) is 0 Å². The van der Waals surface area contributed by atoms with Crippen molar-refractivity contribution in [3.05, 3.63) is 58.2 Å². The van der Waals surface area contributed by atoms with Crippen LogP contribution in [0.1, 0.15) is 31.5 Å². The summed E-state index contributed by atoms with van der Waals surface area (Å²) in [7, 11) is 0. The second-order valence-electron chi connectivity index (χ2n) is 4.76. The molecule has 0 aliphatic rings. The Morgan fingerprint density at radius 3 is 2.64 bits per heavy atom. The Morgan fingerprint density at radius 2 is 2.05 bits per heavy atom. The molecule has 22 heavy (non-hydrogen) atoms. The third kappa shape index (κ3) is 3.40. The summed E-state index contributed by atoms with van der Waals surface area (Å²) < 4.78 is 40.2. The number of hydrogen-bond donors (Lipinski definition) is 0. The number of alkyl halides is 3. The number of nitrogens with zero attached hydrogens (tertiary/aromatic N) is 1. The predicted molar refractivity (Wildman–Crippen MR) is 87.5 cm³/mol. The van der Waals surface area contributed by atoms with Gasteiger partial charge in [-0.3, -0.25) is 0 Å². The van der Waals surface area contributed by atoms with Crippen LogP contribution >= 0.6 is 15.9 Å². The van der Waals surface area contributed by atoms with Gasteiger partial charge in [0.2, 0.25) is 0 Å². The van der Waals surface area contributed by atoms with Gasteiger partial charge in [-0.2, -0.15) is 13.2 Å². The maximum atomic E-state index is 13.2. The van der Waals surface area contributed by atoms with Crippen LogP contribution in [0, 0.1) is 0 Å². The summed E-state index contributed by atoms with van der Waals surface area (Å²) in [6.07, 6.45) is 1.98. The lowest BCUT2D eigenvalue weighted by molar-refractivity contribution is -0.136. The lowest BCUT2D eigenvalue weighted by Gasteiger charge is -2.12. The molecule has 0 aliphatic heterocycles. The van der Waals surface area contributed by atoms with Crippen molar-refractivity contribution in [2.45, 2.75) is 26.4 Å². The number of rotatable bonds is 3. The molecule has 0 amide bonds. The Labute approximate surface area is 135 Å². The number of aromatic nitrogens is 1. The van der Waals surface area contributed by atoms with E-state index in [0.29, 0.717) is 15.6 Å². The molecule has 0 spiro atoms. The van der Waals surface area contributed by atoms with E-state index in [2.05, 4.69) is 20.9 Å². The summed E-state index contributed by atoms with van der Waals surface area (Å²) in [4.78, 5) is 4.27. The lowest BCUT2D eigenvalue weighted by atomic mass is 10.1. The minimum Gasteiger partial charge on any atom is -0.247 e. The van der Waals surface area contributed by atoms with E-state index in [4.69, 9.17) is 0 Å². The number of para-hydroxylation sites is 1. The van der Waals surface area contributed by atoms with Crippen molar-refractivity contribution in [3.63, 3.8) is 0 Å². The summed E-state index contributed by atoms with van der Waals surface area (Å²) in [5.74, 6) is 0. The number of fused-ring (bicyclic) bond motifs is 1. The van der Waals surface area contributed by atoms with Gasteiger partial charge in [-0.05, 0) is 31.1 Å². The summed E-state index contributed by atoms with van der Waals surface area (Å²) in [5.41, 5.74) is 0.579. The van der Waals surface area contributed by atoms with Crippen molar-refractivity contribution < 1.29 is 13.2 Å². The molecule has 1 nitrogen and oxygen atoms in total. The molecule has 0 fully saturated rings. The largest absolute Gasteiger partial charge is 0.418 e. The predicted octanol–water partition coefficient (Wildman–Crippen LogP) is 6.39. The molecule has 0 radical (unpaired) electrons. The fourth-order valence-electron chi connectivity index (χ4n) is 2.24. The highest BCUT2D eigenvalue weighted by Crippen LogP contribution is 2.37. The van der Waals surface area contributed by atoms with Crippen LogP contribution in [0.2, 0.25) is 0 Å². The number of benzene rings is 1. The van der Waals surface area contributed by atoms with Gasteiger partial charge in [0.1, 0.15) is 0 Å². The molecular weight excluding hydrogens is 355 g/mol. The van der Waals surface area contributed by atoms with Crippen LogP contribution in [0.15, 0.2) is 47.0 Å². The zero-order chi connectivity index (χ0) is 16.3. The normalized spacial score (nSPS) is 13.3. The van der Waals surface area contributed by atoms with Crippen molar-refractivity contribution in [1.29, 1.82) is 0 Å². The van der Waals surface area contributed by atoms with Crippen molar-refractivity contribution in [3.8, 4) is 0 Å². The van der Waals surface area contributed by atoms with Gasteiger partial charge >= 0.3 is 6.18 Å². The van der Waals surface area contributed by atoms with Gasteiger partial charge in [-0.25, -0.2) is 4.98 Å². The zero-order valence-electron chi connectivity index (χ0n) is 12.2. The topological polar surface area (TPSA) is 12.9 Å². The fraction of sp³-hybridized carbons (Fsp3) is 0.235. The molecule has 0 aliphatic carbocycles. The molecule has 2 aromatic rings. The van der Waals surface area contributed by atoms with E-state index in [9.17, 15) is 13.2 Å². The molecular formula is C17H15BrF3N. The van der Waals surface area contributed by atoms with Gasteiger partial charge in [0.05, 0.1) is 16.8 Å². The van der Waals surface area contributed by atoms with Crippen molar-refractivity contribution >= 4 is 32.4 Å². The van der Waals surface area contributed by atoms with Crippen LogP contribution < -0.4 is 0 Å². The second-order valence-corrected chi connectivity index (χ2v) is 5.61. The standard InChI is InChI=1S/C17H15BrF3N/c1-3-6-11(7-4-2)15-10-14(18)12-8-5-9-13(16(12)22-15)17(19,20)21/h3,5-10H,4H2,1-2H3/b6-3-,11-7+. The van der Waals surface area contributed by atoms with Crippen LogP contribution in [-0.4, -0.2) is 4.98 Å². The van der Waals surface area contributed by atoms with Gasteiger partial charge in [0.15, 0.2) is 0 Å². The molecule has 1 aromatic carbocycles. The van der Waals surface area contributed by atoms with Crippen LogP contribution in [0.25, 0.3) is 16.5 Å². The molecule has 1 heterocycles. The minimum absolute atomic E-state index is 0.0362. The molecule has 0 N–H and O–H groups in total. The average molecular weight is 370 g/mol. The SMILES string of the molecule is C/C=C\C(=C/CC)c1cc(Br)c2cccc(C(F)(F)F)c2n1. The van der Waals surface area contributed by atoms with Crippen molar-refractivity contribution in [1.82, 2.24) is 4.98 Å². The zero-order valence-corrected chi connectivity index (χ0v) is 13.8. The molecule has 0 bridgehead atoms. The van der Waals surface area contributed by atoms with E-state index in [1.165, 1.54) is 6.07 Å². The number of hydrogen-bond acceptors (Lipinski definition) is 1. The Hall–Kier alpha value is -1.62. The Balaban J connectivity index is 2.78. The quantitative estimate of drug-likeness (QED) is 0.571. The molecule has 2 rings (SSSR count). The van der Waals surface area contributed by atoms with E-state index < -0.39 is 11.7 Å². The molecule has 5 heteroatoms. The Morgan fingerprint density at radius 1 is 1.32 bits per heavy atom. The van der Waals surface area contributed by atoms with Crippen LogP contribution in [0.4, 0.5) is 13.2 Å². The molecule has 116 valence electrons. The third-order valence-electron chi connectivity index (χ3n) is 3.16. The van der Waals surface area contributed by atoms with E-state index in [1.807, 2.05) is 32.1 Å². The average Bonchev–Trinajstić information content (AvgIpc) is 2.45. The first-order chi connectivity index (χ1) is 10.4. The monoisotopic (exact) mass is 369 g/mol. The molecule has 0 saturated heterocycles. The second kappa shape index (κ2) is 6.65. The summed E-state index contributed by atoms with van der Waals surface area (Å²) in [5, 5.41) is 0.454. The van der Waals surface area contributed by atoms with Crippen LogP contribution in [-0.2, 0) is 6.18 Å². The lowest BCUT2D eigenvalue weighted by Crippen LogP contribution is -2.07. The summed E-state index contributed by atoms with van der Waals surface area (Å²) in [6, 6.07) is 5.84. The molecule has 1 aromatic heterocycles. The van der Waals surface area contributed by atoms with E-state index in [1.54, 1.807) is 12.1 Å². The third-order valence-corrected chi connectivity index (χ3v) is 3.82. The number of pyridine rings is 1. The molecule has 0 saturated carbocycles. The summed E-state index contributed by atoms with van der Waals surface area (Å²) >= 11 is 3.36. The first kappa shape index (κ1) is 16.7. The van der Waals surface area contributed by atoms with Gasteiger partial charge < -0.3 is 0 Å². The minimum atomic E-state index is -4.43. The van der Waals surface area contributed by atoms with Crippen LogP contribution in [0.3, 0.4) is 0 Å². The van der Waals surface area contributed by atoms with E-state index in [-0.39, 0.29) is 5.52 Å². The van der Waals surface area contributed by atoms with Gasteiger partial charge in [0.25, 0.3) is 0 Å². The van der Waals surface area contributed by atoms with Crippen molar-refractivity contribution in [2.75, 3.05) is 0 Å². The smallest absolute Gasteiger partial charge is 0.247 e. The number of allylic oxidation sites excluding steroid dienone is 4. The summed E-state index contributed by atoms with van der Waals surface area (Å²) in [6.45, 7) is 3.83. The van der Waals surface area contributed by atoms with Gasteiger partial charge in [-0.1, -0.05) is 53.2 Å². The highest BCUT2D eigenvalue weighted by Gasteiger charge is 2.33. The van der Waals surface area contributed by atoms with Gasteiger partial charge in [0, 0.05) is 9.86 Å². The van der Waals surface area contributed by atoms with E-state index >= 15 is 0 Å². The maximum Gasteiger partial charge on any atom is 0.418 e.